The van der Waals surface area contributed by atoms with Gasteiger partial charge in [0.05, 0.1) is 11.1 Å². The number of carbonyl (C=O) groups excluding carboxylic acids is 1. The molecule has 1 amide bonds. The highest BCUT2D eigenvalue weighted by molar-refractivity contribution is 5.93. The molecule has 1 aliphatic rings. The van der Waals surface area contributed by atoms with Crippen LogP contribution in [0.3, 0.4) is 0 Å². The highest BCUT2D eigenvalue weighted by Gasteiger charge is 2.42. The fourth-order valence-electron chi connectivity index (χ4n) is 2.79. The number of rotatable bonds is 2. The zero-order valence-electron chi connectivity index (χ0n) is 12.3. The molecular weight excluding hydrogens is 254 g/mol. The van der Waals surface area contributed by atoms with E-state index in [1.54, 1.807) is 12.3 Å². The monoisotopic (exact) mass is 274 g/mol. The number of primary amides is 1. The number of pyridine rings is 1. The maximum Gasteiger partial charge on any atom is 0.250 e. The molecule has 5 nitrogen and oxygen atoms in total. The summed E-state index contributed by atoms with van der Waals surface area (Å²) in [7, 11) is 0. The number of aromatic nitrogens is 1. The van der Waals surface area contributed by atoms with Gasteiger partial charge in [0.25, 0.3) is 0 Å². The van der Waals surface area contributed by atoms with Gasteiger partial charge in [0.2, 0.25) is 5.91 Å². The van der Waals surface area contributed by atoms with Gasteiger partial charge in [-0.05, 0) is 51.3 Å². The van der Waals surface area contributed by atoms with Crippen molar-refractivity contribution in [2.75, 3.05) is 0 Å². The maximum absolute atomic E-state index is 12.3. The molecule has 1 aromatic rings. The highest BCUT2D eigenvalue weighted by atomic mass is 16.5. The molecule has 0 aliphatic carbocycles. The lowest BCUT2D eigenvalue weighted by molar-refractivity contribution is -0.260. The third-order valence-electron chi connectivity index (χ3n) is 3.62. The smallest absolute Gasteiger partial charge is 0.250 e. The summed E-state index contributed by atoms with van der Waals surface area (Å²) in [5.74, 6) is -0.500. The second-order valence-corrected chi connectivity index (χ2v) is 6.43. The summed E-state index contributed by atoms with van der Waals surface area (Å²) in [6.07, 6.45) is 5.69. The Hall–Kier alpha value is -1.72. The Balaban J connectivity index is 2.47. The van der Waals surface area contributed by atoms with Crippen molar-refractivity contribution >= 4 is 11.5 Å². The molecule has 1 aromatic heterocycles. The zero-order chi connectivity index (χ0) is 15.1. The first kappa shape index (κ1) is 14.7. The number of amides is 1. The molecule has 1 aliphatic heterocycles. The second kappa shape index (κ2) is 4.68. The number of nitrogens with two attached hydrogens (primary N) is 1. The third-order valence-corrected chi connectivity index (χ3v) is 3.62. The molecule has 0 saturated heterocycles. The van der Waals surface area contributed by atoms with Gasteiger partial charge in [-0.25, -0.2) is 0 Å². The summed E-state index contributed by atoms with van der Waals surface area (Å²) in [6.45, 7) is 7.60. The molecule has 0 atom stereocenters. The first-order valence-electron chi connectivity index (χ1n) is 6.58. The quantitative estimate of drug-likeness (QED) is 0.897. The zero-order valence-corrected chi connectivity index (χ0v) is 12.3. The number of nitrogens with zero attached hydrogens (tertiary/aromatic N) is 2. The van der Waals surface area contributed by atoms with Crippen LogP contribution in [0, 0.1) is 0 Å². The second-order valence-electron chi connectivity index (χ2n) is 6.43. The Morgan fingerprint density at radius 2 is 1.95 bits per heavy atom. The molecule has 0 aromatic carbocycles. The van der Waals surface area contributed by atoms with Gasteiger partial charge >= 0.3 is 0 Å². The van der Waals surface area contributed by atoms with E-state index in [4.69, 9.17) is 5.73 Å². The van der Waals surface area contributed by atoms with Crippen molar-refractivity contribution in [3.63, 3.8) is 0 Å². The van der Waals surface area contributed by atoms with Gasteiger partial charge in [-0.3, -0.25) is 9.78 Å². The molecule has 20 heavy (non-hydrogen) atoms. The number of carbonyl (C=O) groups is 1. The molecule has 2 N–H and O–H groups in total. The molecule has 5 heteroatoms. The van der Waals surface area contributed by atoms with Crippen molar-refractivity contribution in [2.24, 2.45) is 5.73 Å². The highest BCUT2D eigenvalue weighted by Crippen LogP contribution is 2.39. The minimum Gasteiger partial charge on any atom is -0.366 e. The Morgan fingerprint density at radius 3 is 2.50 bits per heavy atom. The topological polar surface area (TPSA) is 79.1 Å². The Labute approximate surface area is 119 Å². The molecule has 1 radical (unpaired) electrons. The first-order valence-corrected chi connectivity index (χ1v) is 6.58. The molecule has 107 valence electrons. The number of hydrogen-bond acceptors (Lipinski definition) is 3. The summed E-state index contributed by atoms with van der Waals surface area (Å²) >= 11 is 0. The Bertz CT molecular complexity index is 576. The predicted octanol–water partition coefficient (Wildman–Crippen LogP) is 2.17. The van der Waals surface area contributed by atoms with Crippen LogP contribution < -0.4 is 5.73 Å². The van der Waals surface area contributed by atoms with Gasteiger partial charge in [0.15, 0.2) is 0 Å². The largest absolute Gasteiger partial charge is 0.366 e. The van der Waals surface area contributed by atoms with Crippen molar-refractivity contribution < 1.29 is 10.0 Å². The van der Waals surface area contributed by atoms with Crippen LogP contribution in [0.4, 0.5) is 0 Å². The van der Waals surface area contributed by atoms with Crippen LogP contribution in [-0.4, -0.2) is 27.0 Å². The fourth-order valence-corrected chi connectivity index (χ4v) is 2.79. The molecule has 2 rings (SSSR count). The van der Waals surface area contributed by atoms with E-state index < -0.39 is 17.0 Å². The number of hydrogen-bond donors (Lipinski definition) is 1. The van der Waals surface area contributed by atoms with Crippen LogP contribution >= 0.6 is 0 Å². The van der Waals surface area contributed by atoms with Gasteiger partial charge < -0.3 is 5.73 Å². The van der Waals surface area contributed by atoms with Crippen LogP contribution in [0.15, 0.2) is 24.5 Å². The molecule has 0 unspecified atom stereocenters. The Kier molecular flexibility index (Phi) is 3.44. The summed E-state index contributed by atoms with van der Waals surface area (Å²) in [5, 5.41) is 13.4. The van der Waals surface area contributed by atoms with Crippen molar-refractivity contribution in [2.45, 2.75) is 45.2 Å². The Morgan fingerprint density at radius 1 is 1.30 bits per heavy atom. The maximum atomic E-state index is 12.3. The molecular formula is C15H20N3O2. The van der Waals surface area contributed by atoms with Crippen molar-refractivity contribution in [3.8, 4) is 0 Å². The molecule has 2 heterocycles. The van der Waals surface area contributed by atoms with Gasteiger partial charge in [0.1, 0.15) is 0 Å². The van der Waals surface area contributed by atoms with Crippen LogP contribution in [0.25, 0.3) is 5.57 Å². The fraction of sp³-hybridized carbons (Fsp3) is 0.467. The van der Waals surface area contributed by atoms with Gasteiger partial charge in [-0.15, -0.1) is 10.3 Å². The summed E-state index contributed by atoms with van der Waals surface area (Å²) in [4.78, 5) is 15.3. The van der Waals surface area contributed by atoms with E-state index in [1.807, 2.05) is 33.8 Å². The van der Waals surface area contributed by atoms with Crippen LogP contribution in [0.5, 0.6) is 0 Å². The average Bonchev–Trinajstić information content (AvgIpc) is 2.35. The summed E-state index contributed by atoms with van der Waals surface area (Å²) in [6, 6.07) is 1.73. The van der Waals surface area contributed by atoms with E-state index >= 15 is 0 Å². The SMILES string of the molecule is CC1(C)C=C(c2cncc(C(N)=O)c2)CC(C)(C)N1[O]. The van der Waals surface area contributed by atoms with E-state index in [1.165, 1.54) is 6.20 Å². The normalized spacial score (nSPS) is 21.4. The molecule has 0 saturated carbocycles. The standard InChI is InChI=1S/C15H20N3O2/c1-14(2)6-12(7-15(3,4)18(14)20)10-5-11(13(16)19)9-17-8-10/h5-6,8-9H,7H2,1-4H3,(H2,16,19). The molecule has 0 spiro atoms. The average molecular weight is 274 g/mol. The molecule has 0 fully saturated rings. The van der Waals surface area contributed by atoms with Crippen LogP contribution in [0.2, 0.25) is 0 Å². The summed E-state index contributed by atoms with van der Waals surface area (Å²) < 4.78 is 0. The van der Waals surface area contributed by atoms with Crippen LogP contribution in [-0.2, 0) is 5.21 Å². The lowest BCUT2D eigenvalue weighted by atomic mass is 9.80. The van der Waals surface area contributed by atoms with Gasteiger partial charge in [-0.2, -0.15) is 0 Å². The van der Waals surface area contributed by atoms with Crippen molar-refractivity contribution in [1.82, 2.24) is 10.0 Å². The predicted molar refractivity (Wildman–Crippen MR) is 76.0 cm³/mol. The van der Waals surface area contributed by atoms with E-state index in [0.717, 1.165) is 16.2 Å². The minimum atomic E-state index is -0.597. The third kappa shape index (κ3) is 2.59. The molecule has 0 bridgehead atoms. The lowest BCUT2D eigenvalue weighted by Crippen LogP contribution is -2.54. The van der Waals surface area contributed by atoms with E-state index in [2.05, 4.69) is 4.98 Å². The van der Waals surface area contributed by atoms with Gasteiger partial charge in [0, 0.05) is 17.9 Å². The van der Waals surface area contributed by atoms with Gasteiger partial charge in [-0.1, -0.05) is 6.08 Å². The summed E-state index contributed by atoms with van der Waals surface area (Å²) in [5.41, 5.74) is 6.42. The lowest BCUT2D eigenvalue weighted by Gasteiger charge is -2.45. The van der Waals surface area contributed by atoms with Crippen LogP contribution in [0.1, 0.15) is 50.0 Å². The van der Waals surface area contributed by atoms with E-state index in [-0.39, 0.29) is 0 Å². The van der Waals surface area contributed by atoms with Crippen molar-refractivity contribution in [3.05, 3.63) is 35.7 Å². The number of hydroxylamine groups is 2. The van der Waals surface area contributed by atoms with E-state index in [9.17, 15) is 10.0 Å². The first-order chi connectivity index (χ1) is 9.13. The van der Waals surface area contributed by atoms with Crippen molar-refractivity contribution in [1.29, 1.82) is 0 Å². The van der Waals surface area contributed by atoms with E-state index in [0.29, 0.717) is 12.0 Å². The minimum absolute atomic E-state index is 0.378.